The molecule has 0 saturated carbocycles. The minimum absolute atomic E-state index is 0.233. The van der Waals surface area contributed by atoms with Crippen molar-refractivity contribution in [3.05, 3.63) is 58.6 Å². The van der Waals surface area contributed by atoms with Crippen LogP contribution in [0.15, 0.2) is 42.5 Å². The van der Waals surface area contributed by atoms with Crippen LogP contribution in [0.4, 0.5) is 16.2 Å². The first-order chi connectivity index (χ1) is 16.0. The molecule has 0 bridgehead atoms. The molecule has 2 amide bonds. The zero-order valence-electron chi connectivity index (χ0n) is 20.8. The number of nitrogens with one attached hydrogen (secondary N) is 1. The van der Waals surface area contributed by atoms with Crippen LogP contribution in [0, 0.1) is 5.41 Å². The van der Waals surface area contributed by atoms with E-state index in [1.807, 2.05) is 57.2 Å². The molecule has 0 fully saturated rings. The molecule has 1 atom stereocenters. The Morgan fingerprint density at radius 2 is 1.74 bits per heavy atom. The van der Waals surface area contributed by atoms with Gasteiger partial charge >= 0.3 is 6.09 Å². The third kappa shape index (κ3) is 5.49. The maximum Gasteiger partial charge on any atom is 0.408 e. The Kier molecular flexibility index (Phi) is 7.81. The highest BCUT2D eigenvalue weighted by atomic mass is 35.5. The molecule has 1 unspecified atom stereocenters. The third-order valence-corrected chi connectivity index (χ3v) is 6.90. The normalized spacial score (nSPS) is 17.6. The number of nitrogens with zero attached hydrogens (tertiary/aromatic N) is 2. The summed E-state index contributed by atoms with van der Waals surface area (Å²) in [5.41, 5.74) is 2.07. The lowest BCUT2D eigenvalue weighted by Crippen LogP contribution is -2.63. The Morgan fingerprint density at radius 3 is 2.29 bits per heavy atom. The number of rotatable bonds is 7. The van der Waals surface area contributed by atoms with E-state index in [0.29, 0.717) is 23.6 Å². The maximum absolute atomic E-state index is 13.9. The standard InChI is InChI=1S/C27H36ClN3O3/c1-6-30(7-2)21-13-11-20(12-14-21)29-24(32)27(31(25(33)34)18-26(3,4)5)16-15-19-9-8-10-23(28)22(19)17-27/h8-14H,6-7,15-18H2,1-5H3,(H,29,32)(H,33,34). The summed E-state index contributed by atoms with van der Waals surface area (Å²) in [6, 6.07) is 13.4. The maximum atomic E-state index is 13.9. The first-order valence-electron chi connectivity index (χ1n) is 11.9. The molecule has 0 saturated heterocycles. The summed E-state index contributed by atoms with van der Waals surface area (Å²) in [5.74, 6) is -0.319. The minimum Gasteiger partial charge on any atom is -0.465 e. The molecule has 6 nitrogen and oxygen atoms in total. The van der Waals surface area contributed by atoms with Crippen molar-refractivity contribution in [1.29, 1.82) is 0 Å². The first-order valence-corrected chi connectivity index (χ1v) is 12.3. The second-order valence-electron chi connectivity index (χ2n) is 10.2. The lowest BCUT2D eigenvalue weighted by molar-refractivity contribution is -0.128. The highest BCUT2D eigenvalue weighted by molar-refractivity contribution is 6.31. The quantitative estimate of drug-likeness (QED) is 0.498. The van der Waals surface area contributed by atoms with E-state index in [0.717, 1.165) is 29.9 Å². The summed E-state index contributed by atoms with van der Waals surface area (Å²) >= 11 is 6.52. The number of carboxylic acid groups (broad SMARTS) is 1. The molecule has 7 heteroatoms. The van der Waals surface area contributed by atoms with Gasteiger partial charge in [0.2, 0.25) is 0 Å². The number of carbonyl (C=O) groups is 2. The van der Waals surface area contributed by atoms with Crippen molar-refractivity contribution < 1.29 is 14.7 Å². The van der Waals surface area contributed by atoms with Crippen LogP contribution in [0.3, 0.4) is 0 Å². The van der Waals surface area contributed by atoms with Gasteiger partial charge in [0.1, 0.15) is 5.54 Å². The van der Waals surface area contributed by atoms with Crippen molar-refractivity contribution in [1.82, 2.24) is 4.90 Å². The fourth-order valence-corrected chi connectivity index (χ4v) is 5.03. The summed E-state index contributed by atoms with van der Waals surface area (Å²) in [5, 5.41) is 13.8. The Morgan fingerprint density at radius 1 is 1.09 bits per heavy atom. The number of aryl methyl sites for hydroxylation is 1. The molecule has 0 aliphatic heterocycles. The molecule has 3 rings (SSSR count). The Balaban J connectivity index is 1.99. The molecule has 1 aliphatic carbocycles. The zero-order chi connectivity index (χ0) is 25.1. The van der Waals surface area contributed by atoms with Crippen LogP contribution in [0.5, 0.6) is 0 Å². The SMILES string of the molecule is CCN(CC)c1ccc(NC(=O)C2(N(CC(C)(C)C)C(=O)O)CCc3cccc(Cl)c3C2)cc1. The van der Waals surface area contributed by atoms with E-state index >= 15 is 0 Å². The van der Waals surface area contributed by atoms with Crippen molar-refractivity contribution >= 4 is 35.0 Å². The average molecular weight is 486 g/mol. The van der Waals surface area contributed by atoms with Gasteiger partial charge in [-0.25, -0.2) is 4.79 Å². The fourth-order valence-electron chi connectivity index (χ4n) is 4.77. The topological polar surface area (TPSA) is 72.9 Å². The van der Waals surface area contributed by atoms with Gasteiger partial charge in [0.05, 0.1) is 0 Å². The second-order valence-corrected chi connectivity index (χ2v) is 10.6. The lowest BCUT2D eigenvalue weighted by Gasteiger charge is -2.46. The summed E-state index contributed by atoms with van der Waals surface area (Å²) < 4.78 is 0. The molecule has 2 aromatic rings. The van der Waals surface area contributed by atoms with Gasteiger partial charge in [0.25, 0.3) is 5.91 Å². The van der Waals surface area contributed by atoms with Crippen molar-refractivity contribution in [2.75, 3.05) is 29.9 Å². The van der Waals surface area contributed by atoms with E-state index in [1.165, 1.54) is 4.90 Å². The molecule has 0 aromatic heterocycles. The lowest BCUT2D eigenvalue weighted by atomic mass is 9.75. The summed E-state index contributed by atoms with van der Waals surface area (Å²) in [7, 11) is 0. The van der Waals surface area contributed by atoms with Gasteiger partial charge in [-0.05, 0) is 73.6 Å². The smallest absolute Gasteiger partial charge is 0.408 e. The van der Waals surface area contributed by atoms with Crippen LogP contribution in [0.25, 0.3) is 0 Å². The second kappa shape index (κ2) is 10.3. The van der Waals surface area contributed by atoms with E-state index in [4.69, 9.17) is 11.6 Å². The Labute approximate surface area is 207 Å². The number of amides is 2. The minimum atomic E-state index is -1.26. The predicted octanol–water partition coefficient (Wildman–Crippen LogP) is 6.08. The number of anilines is 2. The highest BCUT2D eigenvalue weighted by Gasteiger charge is 2.50. The van der Waals surface area contributed by atoms with E-state index in [1.54, 1.807) is 6.07 Å². The van der Waals surface area contributed by atoms with Crippen molar-refractivity contribution in [2.24, 2.45) is 5.41 Å². The van der Waals surface area contributed by atoms with E-state index < -0.39 is 11.6 Å². The van der Waals surface area contributed by atoms with Crippen LogP contribution in [-0.4, -0.2) is 47.2 Å². The Bertz CT molecular complexity index is 1030. The molecule has 0 spiro atoms. The van der Waals surface area contributed by atoms with E-state index in [9.17, 15) is 14.7 Å². The number of carbonyl (C=O) groups excluding carboxylic acids is 1. The Hall–Kier alpha value is -2.73. The molecule has 2 aromatic carbocycles. The van der Waals surface area contributed by atoms with E-state index in [-0.39, 0.29) is 24.3 Å². The van der Waals surface area contributed by atoms with Gasteiger partial charge in [-0.15, -0.1) is 0 Å². The predicted molar refractivity (Wildman–Crippen MR) is 139 cm³/mol. The summed E-state index contributed by atoms with van der Waals surface area (Å²) in [4.78, 5) is 30.0. The van der Waals surface area contributed by atoms with Crippen LogP contribution in [0.2, 0.25) is 5.02 Å². The van der Waals surface area contributed by atoms with Crippen LogP contribution in [0.1, 0.15) is 52.2 Å². The zero-order valence-corrected chi connectivity index (χ0v) is 21.6. The molecule has 34 heavy (non-hydrogen) atoms. The number of hydrogen-bond acceptors (Lipinski definition) is 3. The highest BCUT2D eigenvalue weighted by Crippen LogP contribution is 2.39. The fraction of sp³-hybridized carbons (Fsp3) is 0.481. The van der Waals surface area contributed by atoms with Gasteiger partial charge in [-0.1, -0.05) is 44.5 Å². The molecule has 2 N–H and O–H groups in total. The molecular formula is C27H36ClN3O3. The number of halogens is 1. The van der Waals surface area contributed by atoms with Crippen LogP contribution in [-0.2, 0) is 17.6 Å². The molecule has 0 heterocycles. The molecular weight excluding hydrogens is 450 g/mol. The third-order valence-electron chi connectivity index (χ3n) is 6.55. The number of hydrogen-bond donors (Lipinski definition) is 2. The van der Waals surface area contributed by atoms with Gasteiger partial charge in [-0.2, -0.15) is 0 Å². The van der Waals surface area contributed by atoms with Gasteiger partial charge in [-0.3, -0.25) is 9.69 Å². The molecule has 1 aliphatic rings. The number of benzene rings is 2. The van der Waals surface area contributed by atoms with Gasteiger partial charge in [0, 0.05) is 42.5 Å². The van der Waals surface area contributed by atoms with Gasteiger partial charge < -0.3 is 15.3 Å². The van der Waals surface area contributed by atoms with Crippen molar-refractivity contribution in [2.45, 2.75) is 59.4 Å². The largest absolute Gasteiger partial charge is 0.465 e. The summed E-state index contributed by atoms with van der Waals surface area (Å²) in [6.45, 7) is 12.2. The van der Waals surface area contributed by atoms with E-state index in [2.05, 4.69) is 24.1 Å². The van der Waals surface area contributed by atoms with Crippen molar-refractivity contribution in [3.8, 4) is 0 Å². The first kappa shape index (κ1) is 25.9. The van der Waals surface area contributed by atoms with Crippen molar-refractivity contribution in [3.63, 3.8) is 0 Å². The van der Waals surface area contributed by atoms with Crippen LogP contribution >= 0.6 is 11.6 Å². The molecule has 0 radical (unpaired) electrons. The van der Waals surface area contributed by atoms with Gasteiger partial charge in [0.15, 0.2) is 0 Å². The summed E-state index contributed by atoms with van der Waals surface area (Å²) in [6.07, 6.45) is 0.121. The van der Waals surface area contributed by atoms with Crippen LogP contribution < -0.4 is 10.2 Å². The number of fused-ring (bicyclic) bond motifs is 1. The average Bonchev–Trinajstić information content (AvgIpc) is 2.79. The monoisotopic (exact) mass is 485 g/mol. The molecule has 184 valence electrons.